The maximum atomic E-state index is 13.8. The molecule has 38 heavy (non-hydrogen) atoms. The van der Waals surface area contributed by atoms with E-state index < -0.39 is 12.2 Å². The topological polar surface area (TPSA) is 69.7 Å². The van der Waals surface area contributed by atoms with Crippen LogP contribution in [0, 0.1) is 58.2 Å². The molecule has 4 rings (SSSR count). The van der Waals surface area contributed by atoms with Gasteiger partial charge >= 0.3 is 11.9 Å². The zero-order chi connectivity index (χ0) is 28.0. The molecule has 214 valence electrons. The Morgan fingerprint density at radius 2 is 1.58 bits per heavy atom. The van der Waals surface area contributed by atoms with Crippen LogP contribution in [0.5, 0.6) is 0 Å². The number of ketones is 1. The van der Waals surface area contributed by atoms with Crippen molar-refractivity contribution in [2.45, 2.75) is 119 Å². The van der Waals surface area contributed by atoms with Crippen LogP contribution in [0.4, 0.5) is 0 Å². The summed E-state index contributed by atoms with van der Waals surface area (Å²) in [7, 11) is 0. The Labute approximate surface area is 230 Å². The molecule has 4 aliphatic rings. The van der Waals surface area contributed by atoms with Gasteiger partial charge in [0.2, 0.25) is 0 Å². The Kier molecular flexibility index (Phi) is 8.56. The van der Waals surface area contributed by atoms with Gasteiger partial charge < -0.3 is 9.47 Å². The average Bonchev–Trinajstić information content (AvgIpc) is 3.17. The second-order valence-electron chi connectivity index (χ2n) is 14.1. The fourth-order valence-corrected chi connectivity index (χ4v) is 9.89. The zero-order valence-electron chi connectivity index (χ0n) is 25.1. The van der Waals surface area contributed by atoms with E-state index in [2.05, 4.69) is 53.7 Å². The van der Waals surface area contributed by atoms with Gasteiger partial charge in [-0.3, -0.25) is 14.4 Å². The van der Waals surface area contributed by atoms with Crippen LogP contribution in [-0.4, -0.2) is 29.9 Å². The number of ether oxygens (including phenoxy) is 2. The predicted octanol–water partition coefficient (Wildman–Crippen LogP) is 7.17. The fourth-order valence-electron chi connectivity index (χ4n) is 9.89. The molecular weight excluding hydrogens is 476 g/mol. The third kappa shape index (κ3) is 5.24. The van der Waals surface area contributed by atoms with Gasteiger partial charge in [-0.25, -0.2) is 0 Å². The van der Waals surface area contributed by atoms with Crippen LogP contribution in [0.25, 0.3) is 0 Å². The lowest BCUT2D eigenvalue weighted by Gasteiger charge is -2.61. The summed E-state index contributed by atoms with van der Waals surface area (Å²) in [6.07, 6.45) is 11.6. The second kappa shape index (κ2) is 11.1. The summed E-state index contributed by atoms with van der Waals surface area (Å²) < 4.78 is 11.3. The van der Waals surface area contributed by atoms with Gasteiger partial charge in [0.25, 0.3) is 0 Å². The average molecular weight is 529 g/mol. The third-order valence-corrected chi connectivity index (χ3v) is 11.8. The maximum absolute atomic E-state index is 13.8. The van der Waals surface area contributed by atoms with Crippen LogP contribution in [-0.2, 0) is 23.9 Å². The van der Waals surface area contributed by atoms with Crippen LogP contribution in [0.1, 0.15) is 107 Å². The van der Waals surface area contributed by atoms with Crippen molar-refractivity contribution >= 4 is 17.7 Å². The number of rotatable bonds is 7. The summed E-state index contributed by atoms with van der Waals surface area (Å²) in [5.41, 5.74) is 0.0332. The van der Waals surface area contributed by atoms with Gasteiger partial charge in [0.1, 0.15) is 18.0 Å². The number of esters is 2. The molecule has 0 amide bonds. The summed E-state index contributed by atoms with van der Waals surface area (Å²) in [5, 5.41) is 0. The van der Waals surface area contributed by atoms with E-state index in [0.717, 1.165) is 6.42 Å². The number of hydrogen-bond donors (Lipinski definition) is 0. The predicted molar refractivity (Wildman–Crippen MR) is 149 cm³/mol. The molecule has 4 saturated carbocycles. The van der Waals surface area contributed by atoms with Gasteiger partial charge in [-0.15, -0.1) is 0 Å². The van der Waals surface area contributed by atoms with E-state index in [9.17, 15) is 14.4 Å². The first-order valence-corrected chi connectivity index (χ1v) is 15.4. The summed E-state index contributed by atoms with van der Waals surface area (Å²) in [4.78, 5) is 37.6. The molecule has 0 saturated heterocycles. The van der Waals surface area contributed by atoms with Gasteiger partial charge in [-0.1, -0.05) is 53.7 Å². The van der Waals surface area contributed by atoms with Crippen molar-refractivity contribution in [1.82, 2.24) is 0 Å². The molecule has 0 N–H and O–H groups in total. The Morgan fingerprint density at radius 3 is 2.18 bits per heavy atom. The number of hydrogen-bond acceptors (Lipinski definition) is 5. The standard InChI is InChI=1S/C33H52O5/c1-9-23(19(2)3)11-10-20(4)25-12-13-26-24-16-29(36)28-17-30(37-21(5)34)31(38-22(6)35)18-33(28,8)27(24)14-15-32(25,26)7/h10-11,19-20,23-28,30-31H,9,12-18H2,1-8H3/b11-10+/t20-,23-,24+,25-,26+,27+,28-,30+,31-,32-,33-/m1/s1. The minimum absolute atomic E-state index is 0.134. The first kappa shape index (κ1) is 29.3. The monoisotopic (exact) mass is 528 g/mol. The number of fused-ring (bicyclic) bond motifs is 5. The van der Waals surface area contributed by atoms with E-state index >= 15 is 0 Å². The summed E-state index contributed by atoms with van der Waals surface area (Å²) in [6.45, 7) is 16.9. The van der Waals surface area contributed by atoms with E-state index in [1.807, 2.05) is 0 Å². The van der Waals surface area contributed by atoms with E-state index in [1.54, 1.807) is 0 Å². The van der Waals surface area contributed by atoms with Crippen molar-refractivity contribution in [1.29, 1.82) is 0 Å². The van der Waals surface area contributed by atoms with Crippen molar-refractivity contribution in [3.8, 4) is 0 Å². The molecule has 0 aromatic heterocycles. The Balaban J connectivity index is 1.56. The number of Topliss-reactive ketones (excluding diaryl/α,β-unsaturated/α-hetero) is 1. The highest BCUT2D eigenvalue weighted by Gasteiger charge is 2.64. The molecule has 0 aliphatic heterocycles. The molecule has 5 heteroatoms. The molecule has 0 aromatic rings. The van der Waals surface area contributed by atoms with Crippen LogP contribution >= 0.6 is 0 Å². The van der Waals surface area contributed by atoms with Crippen LogP contribution in [0.3, 0.4) is 0 Å². The van der Waals surface area contributed by atoms with Crippen LogP contribution in [0.15, 0.2) is 12.2 Å². The molecule has 0 aromatic carbocycles. The molecule has 4 aliphatic carbocycles. The summed E-state index contributed by atoms with van der Waals surface area (Å²) >= 11 is 0. The molecule has 0 bridgehead atoms. The van der Waals surface area contributed by atoms with Gasteiger partial charge in [-0.05, 0) is 97.2 Å². The SMILES string of the molecule is CC[C@H](/C=C/[C@@H](C)[C@H]1CC[C@H]2[C@@H]3CC(=O)[C@H]4C[C@H](OC(C)=O)[C@H](OC(C)=O)C[C@]4(C)[C@H]3CC[C@]12C)C(C)C. The molecular formula is C33H52O5. The lowest BCUT2D eigenvalue weighted by molar-refractivity contribution is -0.195. The van der Waals surface area contributed by atoms with E-state index in [0.29, 0.717) is 66.5 Å². The van der Waals surface area contributed by atoms with Crippen molar-refractivity contribution in [2.24, 2.45) is 58.2 Å². The van der Waals surface area contributed by atoms with Crippen molar-refractivity contribution in [2.75, 3.05) is 0 Å². The molecule has 11 atom stereocenters. The van der Waals surface area contributed by atoms with Gasteiger partial charge in [0.05, 0.1) is 0 Å². The Morgan fingerprint density at radius 1 is 0.947 bits per heavy atom. The van der Waals surface area contributed by atoms with Gasteiger partial charge in [0, 0.05) is 26.2 Å². The summed E-state index contributed by atoms with van der Waals surface area (Å²) in [5.74, 6) is 3.36. The molecule has 4 fully saturated rings. The maximum Gasteiger partial charge on any atom is 0.303 e. The number of allylic oxidation sites excluding steroid dienone is 2. The lowest BCUT2D eigenvalue weighted by atomic mass is 9.44. The van der Waals surface area contributed by atoms with Crippen LogP contribution < -0.4 is 0 Å². The minimum Gasteiger partial charge on any atom is -0.459 e. The zero-order valence-corrected chi connectivity index (χ0v) is 25.1. The smallest absolute Gasteiger partial charge is 0.303 e. The van der Waals surface area contributed by atoms with Gasteiger partial charge in [-0.2, -0.15) is 0 Å². The molecule has 0 heterocycles. The highest BCUT2D eigenvalue weighted by Crippen LogP contribution is 2.68. The lowest BCUT2D eigenvalue weighted by Crippen LogP contribution is -2.60. The highest BCUT2D eigenvalue weighted by molar-refractivity contribution is 5.83. The third-order valence-electron chi connectivity index (χ3n) is 11.8. The minimum atomic E-state index is -0.537. The van der Waals surface area contributed by atoms with Crippen LogP contribution in [0.2, 0.25) is 0 Å². The number of carbonyl (C=O) groups is 3. The van der Waals surface area contributed by atoms with Crippen molar-refractivity contribution in [3.05, 3.63) is 12.2 Å². The van der Waals surface area contributed by atoms with E-state index in [1.165, 1.54) is 39.5 Å². The van der Waals surface area contributed by atoms with Crippen molar-refractivity contribution in [3.63, 3.8) is 0 Å². The molecule has 0 unspecified atom stereocenters. The van der Waals surface area contributed by atoms with E-state index in [4.69, 9.17) is 9.47 Å². The Hall–Kier alpha value is -1.65. The normalized spacial score (nSPS) is 42.2. The molecule has 0 spiro atoms. The number of carbonyl (C=O) groups excluding carboxylic acids is 3. The highest BCUT2D eigenvalue weighted by atomic mass is 16.6. The molecule has 5 nitrogen and oxygen atoms in total. The van der Waals surface area contributed by atoms with E-state index in [-0.39, 0.29) is 28.7 Å². The molecule has 0 radical (unpaired) electrons. The van der Waals surface area contributed by atoms with Gasteiger partial charge in [0.15, 0.2) is 0 Å². The fraction of sp³-hybridized carbons (Fsp3) is 0.848. The first-order valence-electron chi connectivity index (χ1n) is 15.4. The first-order chi connectivity index (χ1) is 17.8. The summed E-state index contributed by atoms with van der Waals surface area (Å²) in [6, 6.07) is 0. The second-order valence-corrected chi connectivity index (χ2v) is 14.1. The Bertz CT molecular complexity index is 938. The van der Waals surface area contributed by atoms with Crippen molar-refractivity contribution < 1.29 is 23.9 Å². The quantitative estimate of drug-likeness (QED) is 0.259. The largest absolute Gasteiger partial charge is 0.459 e.